The molecule has 5 heterocycles. The van der Waals surface area contributed by atoms with Crippen LogP contribution in [-0.4, -0.2) is 82.6 Å². The van der Waals surface area contributed by atoms with Crippen molar-refractivity contribution < 1.29 is 28.7 Å². The number of fused-ring (bicyclic) bond motifs is 3. The highest BCUT2D eigenvalue weighted by molar-refractivity contribution is 6.00. The van der Waals surface area contributed by atoms with E-state index >= 15 is 0 Å². The lowest BCUT2D eigenvalue weighted by atomic mass is 9.72. The lowest BCUT2D eigenvalue weighted by molar-refractivity contribution is -0.188. The number of carbonyl (C=O) groups excluding carboxylic acids is 3. The Hall–Kier alpha value is -4.09. The smallest absolute Gasteiger partial charge is 0.230 e. The fourth-order valence-electron chi connectivity index (χ4n) is 7.10. The highest BCUT2D eigenvalue weighted by atomic mass is 16.7. The number of hydrogen-bond donors (Lipinski definition) is 1. The Bertz CT molecular complexity index is 1600. The zero-order chi connectivity index (χ0) is 29.6. The number of benzene rings is 2. The number of aryl methyl sites for hydroxylation is 1. The average molecular weight is 586 g/mol. The number of hydrogen-bond acceptors (Lipinski definition) is 8. The van der Waals surface area contributed by atoms with E-state index < -0.39 is 17.1 Å². The van der Waals surface area contributed by atoms with Gasteiger partial charge in [-0.25, -0.2) is 0 Å². The van der Waals surface area contributed by atoms with Crippen LogP contribution in [0.5, 0.6) is 5.75 Å². The first-order valence-electron chi connectivity index (χ1n) is 15.0. The van der Waals surface area contributed by atoms with Crippen LogP contribution in [0.25, 0.3) is 10.9 Å². The first-order valence-corrected chi connectivity index (χ1v) is 15.0. The molecule has 2 aromatic carbocycles. The SMILES string of the molecule is Cc1cc(CC(CC(=O)N2CCC3(C=NOc4ccccc43)CC2=O)C(=O)N2CCC3(CC2)OCCO3)cc2cn[nH]c12. The predicted octanol–water partition coefficient (Wildman–Crippen LogP) is 3.25. The van der Waals surface area contributed by atoms with Crippen molar-refractivity contribution in [3.8, 4) is 5.75 Å². The van der Waals surface area contributed by atoms with Crippen molar-refractivity contribution in [2.45, 2.75) is 56.7 Å². The third-order valence-corrected chi connectivity index (χ3v) is 9.43. The molecule has 7 rings (SSSR count). The first-order chi connectivity index (χ1) is 20.8. The van der Waals surface area contributed by atoms with Gasteiger partial charge in [-0.2, -0.15) is 5.10 Å². The van der Waals surface area contributed by atoms with Crippen LogP contribution in [0.4, 0.5) is 0 Å². The van der Waals surface area contributed by atoms with Crippen molar-refractivity contribution in [1.82, 2.24) is 20.0 Å². The van der Waals surface area contributed by atoms with Gasteiger partial charge in [-0.15, -0.1) is 0 Å². The second kappa shape index (κ2) is 10.9. The molecule has 1 aromatic heterocycles. The minimum absolute atomic E-state index is 0.0531. The van der Waals surface area contributed by atoms with Crippen LogP contribution in [0.3, 0.4) is 0 Å². The zero-order valence-corrected chi connectivity index (χ0v) is 24.2. The Kier molecular flexibility index (Phi) is 7.01. The minimum Gasteiger partial charge on any atom is -0.357 e. The predicted molar refractivity (Wildman–Crippen MR) is 156 cm³/mol. The molecule has 0 radical (unpaired) electrons. The van der Waals surface area contributed by atoms with Gasteiger partial charge in [0.25, 0.3) is 0 Å². The molecule has 0 bridgehead atoms. The van der Waals surface area contributed by atoms with E-state index in [1.54, 1.807) is 12.4 Å². The van der Waals surface area contributed by atoms with Crippen molar-refractivity contribution in [2.24, 2.45) is 11.1 Å². The molecule has 2 atom stereocenters. The van der Waals surface area contributed by atoms with Crippen molar-refractivity contribution in [2.75, 3.05) is 32.8 Å². The number of carbonyl (C=O) groups is 3. The van der Waals surface area contributed by atoms with Crippen LogP contribution in [0.2, 0.25) is 0 Å². The number of likely N-dealkylation sites (tertiary alicyclic amines) is 2. The molecule has 3 aromatic rings. The number of para-hydroxylation sites is 1. The standard InChI is InChI=1S/C32H35N5O6/c1-21-14-22(16-24-19-33-35-29(21)24)15-23(30(40)36-9-7-32(8-10-36)41-12-13-42-32)17-27(38)37-11-6-31(18-28(37)39)20-34-43-26-5-3-2-4-25(26)31/h2-5,14,16,19-20,23H,6-13,15,17-18H2,1H3,(H,33,35). The van der Waals surface area contributed by atoms with Gasteiger partial charge in [-0.05, 0) is 43.0 Å². The van der Waals surface area contributed by atoms with E-state index in [4.69, 9.17) is 14.3 Å². The molecule has 2 unspecified atom stereocenters. The van der Waals surface area contributed by atoms with Gasteiger partial charge in [-0.3, -0.25) is 24.4 Å². The third kappa shape index (κ3) is 5.10. The van der Waals surface area contributed by atoms with E-state index in [-0.39, 0.29) is 37.1 Å². The fourth-order valence-corrected chi connectivity index (χ4v) is 7.10. The number of nitrogens with one attached hydrogen (secondary N) is 1. The summed E-state index contributed by atoms with van der Waals surface area (Å²) < 4.78 is 11.7. The topological polar surface area (TPSA) is 126 Å². The molecule has 0 aliphatic carbocycles. The maximum atomic E-state index is 14.0. The van der Waals surface area contributed by atoms with Crippen molar-refractivity contribution >= 4 is 34.8 Å². The zero-order valence-electron chi connectivity index (χ0n) is 24.2. The molecule has 43 heavy (non-hydrogen) atoms. The lowest BCUT2D eigenvalue weighted by Crippen LogP contribution is -2.52. The van der Waals surface area contributed by atoms with Gasteiger partial charge in [0.2, 0.25) is 17.7 Å². The summed E-state index contributed by atoms with van der Waals surface area (Å²) in [5.74, 6) is -1.27. The van der Waals surface area contributed by atoms with Crippen molar-refractivity contribution in [1.29, 1.82) is 0 Å². The van der Waals surface area contributed by atoms with E-state index in [9.17, 15) is 14.4 Å². The highest BCUT2D eigenvalue weighted by Gasteiger charge is 2.46. The maximum Gasteiger partial charge on any atom is 0.230 e. The van der Waals surface area contributed by atoms with Crippen LogP contribution in [0.15, 0.2) is 47.8 Å². The summed E-state index contributed by atoms with van der Waals surface area (Å²) in [4.78, 5) is 49.9. The van der Waals surface area contributed by atoms with Crippen molar-refractivity contribution in [3.05, 3.63) is 59.3 Å². The first kappa shape index (κ1) is 27.7. The van der Waals surface area contributed by atoms with Gasteiger partial charge in [0.05, 0.1) is 37.1 Å². The Morgan fingerprint density at radius 3 is 2.65 bits per heavy atom. The van der Waals surface area contributed by atoms with E-state index in [1.165, 1.54) is 4.90 Å². The summed E-state index contributed by atoms with van der Waals surface area (Å²) in [5, 5.41) is 12.2. The molecule has 4 aliphatic rings. The number of amides is 3. The molecule has 11 nitrogen and oxygen atoms in total. The number of aromatic nitrogens is 2. The van der Waals surface area contributed by atoms with E-state index in [0.29, 0.717) is 57.7 Å². The summed E-state index contributed by atoms with van der Waals surface area (Å²) in [6, 6.07) is 11.6. The number of imide groups is 1. The summed E-state index contributed by atoms with van der Waals surface area (Å²) in [5.41, 5.74) is 3.22. The summed E-state index contributed by atoms with van der Waals surface area (Å²) >= 11 is 0. The molecule has 3 saturated heterocycles. The number of aromatic amines is 1. The third-order valence-electron chi connectivity index (χ3n) is 9.43. The van der Waals surface area contributed by atoms with Crippen LogP contribution in [-0.2, 0) is 35.7 Å². The van der Waals surface area contributed by atoms with Crippen LogP contribution in [0, 0.1) is 12.8 Å². The maximum absolute atomic E-state index is 14.0. The minimum atomic E-state index is -0.621. The molecule has 4 aliphatic heterocycles. The Balaban J connectivity index is 1.10. The van der Waals surface area contributed by atoms with E-state index in [0.717, 1.165) is 27.6 Å². The number of oxime groups is 1. The molecule has 0 saturated carbocycles. The summed E-state index contributed by atoms with van der Waals surface area (Å²) in [6.45, 7) is 4.37. The number of ether oxygens (including phenoxy) is 2. The second-order valence-electron chi connectivity index (χ2n) is 12.1. The highest BCUT2D eigenvalue weighted by Crippen LogP contribution is 2.42. The second-order valence-corrected chi connectivity index (χ2v) is 12.1. The van der Waals surface area contributed by atoms with Gasteiger partial charge in [0.1, 0.15) is 0 Å². The lowest BCUT2D eigenvalue weighted by Gasteiger charge is -2.40. The van der Waals surface area contributed by atoms with Crippen LogP contribution >= 0.6 is 0 Å². The largest absolute Gasteiger partial charge is 0.357 e. The van der Waals surface area contributed by atoms with E-state index in [1.807, 2.05) is 48.2 Å². The van der Waals surface area contributed by atoms with Gasteiger partial charge >= 0.3 is 0 Å². The normalized spacial score (nSPS) is 23.5. The Morgan fingerprint density at radius 2 is 1.86 bits per heavy atom. The molecule has 224 valence electrons. The van der Waals surface area contributed by atoms with Crippen LogP contribution < -0.4 is 4.84 Å². The molecule has 2 spiro atoms. The van der Waals surface area contributed by atoms with Gasteiger partial charge < -0.3 is 19.2 Å². The Labute approximate surface area is 249 Å². The fraction of sp³-hybridized carbons (Fsp3) is 0.469. The molecule has 11 heteroatoms. The molecule has 3 amide bonds. The number of piperidine rings is 2. The molecule has 1 N–H and O–H groups in total. The summed E-state index contributed by atoms with van der Waals surface area (Å²) in [6.07, 6.45) is 5.63. The number of rotatable bonds is 5. The van der Waals surface area contributed by atoms with Gasteiger partial charge in [0.15, 0.2) is 11.5 Å². The Morgan fingerprint density at radius 1 is 1.07 bits per heavy atom. The van der Waals surface area contributed by atoms with Gasteiger partial charge in [0, 0.05) is 61.7 Å². The average Bonchev–Trinajstić information content (AvgIpc) is 3.67. The van der Waals surface area contributed by atoms with Crippen molar-refractivity contribution in [3.63, 3.8) is 0 Å². The molecular formula is C32H35N5O6. The number of H-pyrrole nitrogens is 1. The molecule has 3 fully saturated rings. The monoisotopic (exact) mass is 585 g/mol. The number of nitrogens with zero attached hydrogens (tertiary/aromatic N) is 4. The quantitative estimate of drug-likeness (QED) is 0.487. The molecular weight excluding hydrogens is 550 g/mol. The van der Waals surface area contributed by atoms with E-state index in [2.05, 4.69) is 15.4 Å². The van der Waals surface area contributed by atoms with Crippen LogP contribution in [0.1, 0.15) is 48.8 Å². The summed E-state index contributed by atoms with van der Waals surface area (Å²) in [7, 11) is 0. The van der Waals surface area contributed by atoms with Gasteiger partial charge in [-0.1, -0.05) is 29.4 Å².